The van der Waals surface area contributed by atoms with E-state index in [9.17, 15) is 4.79 Å². The molecule has 0 fully saturated rings. The van der Waals surface area contributed by atoms with Crippen molar-refractivity contribution in [2.24, 2.45) is 4.99 Å². The predicted molar refractivity (Wildman–Crippen MR) is 161 cm³/mol. The summed E-state index contributed by atoms with van der Waals surface area (Å²) in [6.45, 7) is 7.09. The molecule has 202 valence electrons. The number of nitrogens with zero attached hydrogens (tertiary/aromatic N) is 3. The minimum atomic E-state index is -2.52. The predicted octanol–water partition coefficient (Wildman–Crippen LogP) is 4.88. The van der Waals surface area contributed by atoms with E-state index in [4.69, 9.17) is 9.73 Å². The first-order valence-corrected chi connectivity index (χ1v) is 19.8. The SMILES string of the molecule is CN(C)c1ccc2[c](c1)[Ge]([CH3])([CH3])[c]1cc(N(C)C)ccc1C2=NCCCCCCNC(=O)OC(C)(C)C. The fourth-order valence-corrected chi connectivity index (χ4v) is 11.2. The summed E-state index contributed by atoms with van der Waals surface area (Å²) in [6.07, 6.45) is 3.81. The summed E-state index contributed by atoms with van der Waals surface area (Å²) in [5.74, 6) is 5.03. The van der Waals surface area contributed by atoms with E-state index in [1.807, 2.05) is 20.8 Å². The van der Waals surface area contributed by atoms with Crippen molar-refractivity contribution in [1.82, 2.24) is 5.32 Å². The van der Waals surface area contributed by atoms with Crippen LogP contribution in [0.5, 0.6) is 0 Å². The zero-order chi connectivity index (χ0) is 27.4. The molecule has 2 aromatic rings. The molecule has 0 bridgehead atoms. The second-order valence-corrected chi connectivity index (χ2v) is 21.0. The van der Waals surface area contributed by atoms with Gasteiger partial charge >= 0.3 is 191 Å². The van der Waals surface area contributed by atoms with Gasteiger partial charge in [-0.2, -0.15) is 0 Å². The number of rotatable bonds is 9. The molecule has 1 amide bonds. The average Bonchev–Trinajstić information content (AvgIpc) is 2.80. The van der Waals surface area contributed by atoms with Gasteiger partial charge in [-0.3, -0.25) is 0 Å². The molecule has 37 heavy (non-hydrogen) atoms. The molecule has 3 rings (SSSR count). The number of carbonyl (C=O) groups is 1. The summed E-state index contributed by atoms with van der Waals surface area (Å²) >= 11 is -2.52. The van der Waals surface area contributed by atoms with E-state index in [0.717, 1.165) is 37.9 Å². The Hall–Kier alpha value is -2.48. The van der Waals surface area contributed by atoms with Gasteiger partial charge in [-0.15, -0.1) is 0 Å². The van der Waals surface area contributed by atoms with E-state index in [1.165, 1.54) is 31.3 Å². The van der Waals surface area contributed by atoms with Gasteiger partial charge in [0.1, 0.15) is 5.60 Å². The summed E-state index contributed by atoms with van der Waals surface area (Å²) in [4.78, 5) is 21.4. The smallest absolute Gasteiger partial charge is 0.444 e. The summed E-state index contributed by atoms with van der Waals surface area (Å²) in [7, 11) is 8.45. The number of fused-ring (bicyclic) bond motifs is 2. The molecule has 0 unspecified atom stereocenters. The van der Waals surface area contributed by atoms with Gasteiger partial charge in [0.15, 0.2) is 0 Å². The number of nitrogens with one attached hydrogen (secondary N) is 1. The van der Waals surface area contributed by atoms with Gasteiger partial charge in [0.05, 0.1) is 0 Å². The molecule has 0 aliphatic carbocycles. The number of benzene rings is 2. The molecule has 0 radical (unpaired) electrons. The molecule has 1 N–H and O–H groups in total. The number of hydrogen-bond acceptors (Lipinski definition) is 5. The first-order valence-electron chi connectivity index (χ1n) is 13.5. The molecule has 0 saturated heterocycles. The standard InChI is InChI=1S/C30H46GeN4O2/c1-30(2,3)37-29(36)33-19-13-11-10-12-18-32-28-24-16-14-22(34(6)7)20-26(24)31(4,5)27-21-23(35(8)9)15-17-25(27)28/h14-17,20-21H,10-13,18-19H2,1-9H3,(H,33,36). The summed E-state index contributed by atoms with van der Waals surface area (Å²) in [5.41, 5.74) is 5.84. The van der Waals surface area contributed by atoms with Crippen LogP contribution in [0.25, 0.3) is 0 Å². The molecule has 1 heterocycles. The average molecular weight is 567 g/mol. The van der Waals surface area contributed by atoms with Crippen molar-refractivity contribution >= 4 is 45.2 Å². The van der Waals surface area contributed by atoms with Crippen molar-refractivity contribution < 1.29 is 9.53 Å². The Kier molecular flexibility index (Phi) is 9.38. The zero-order valence-electron chi connectivity index (χ0n) is 24.4. The Morgan fingerprint density at radius 1 is 0.865 bits per heavy atom. The van der Waals surface area contributed by atoms with Crippen molar-refractivity contribution in [3.05, 3.63) is 47.5 Å². The third kappa shape index (κ3) is 7.31. The summed E-state index contributed by atoms with van der Waals surface area (Å²) in [6, 6.07) is 13.9. The molecule has 0 atom stereocenters. The van der Waals surface area contributed by atoms with Crippen molar-refractivity contribution in [2.75, 3.05) is 51.1 Å². The van der Waals surface area contributed by atoms with Gasteiger partial charge < -0.3 is 4.74 Å². The second kappa shape index (κ2) is 11.9. The summed E-state index contributed by atoms with van der Waals surface area (Å²) < 4.78 is 8.32. The van der Waals surface area contributed by atoms with Crippen molar-refractivity contribution in [3.8, 4) is 0 Å². The quantitative estimate of drug-likeness (QED) is 0.347. The number of alkyl carbamates (subject to hydrolysis) is 1. The van der Waals surface area contributed by atoms with E-state index < -0.39 is 18.9 Å². The molecule has 6 nitrogen and oxygen atoms in total. The molecule has 0 saturated carbocycles. The molecule has 1 aliphatic rings. The van der Waals surface area contributed by atoms with Crippen molar-refractivity contribution in [3.63, 3.8) is 0 Å². The Morgan fingerprint density at radius 3 is 1.86 bits per heavy atom. The van der Waals surface area contributed by atoms with E-state index in [0.29, 0.717) is 6.54 Å². The first-order chi connectivity index (χ1) is 17.3. The van der Waals surface area contributed by atoms with Gasteiger partial charge in [-0.05, 0) is 20.8 Å². The number of amides is 1. The van der Waals surface area contributed by atoms with Crippen LogP contribution in [0.3, 0.4) is 0 Å². The van der Waals surface area contributed by atoms with Gasteiger partial charge in [0, 0.05) is 0 Å². The number of hydrogen-bond donors (Lipinski definition) is 1. The molecular formula is C30H46GeN4O2. The van der Waals surface area contributed by atoms with E-state index in [2.05, 4.69) is 91.2 Å². The van der Waals surface area contributed by atoms with Crippen molar-refractivity contribution in [2.45, 2.75) is 63.6 Å². The number of carbonyl (C=O) groups excluding carboxylic acids is 1. The van der Waals surface area contributed by atoms with Crippen LogP contribution in [-0.4, -0.2) is 72.0 Å². The Bertz CT molecular complexity index is 1070. The molecule has 7 heteroatoms. The van der Waals surface area contributed by atoms with Crippen molar-refractivity contribution in [1.29, 1.82) is 0 Å². The molecular weight excluding hydrogens is 521 g/mol. The zero-order valence-corrected chi connectivity index (χ0v) is 26.5. The Balaban J connectivity index is 1.72. The van der Waals surface area contributed by atoms with Crippen LogP contribution in [-0.2, 0) is 4.74 Å². The number of aliphatic imine (C=N–C) groups is 1. The maximum atomic E-state index is 11.8. The van der Waals surface area contributed by atoms with Crippen LogP contribution in [0.4, 0.5) is 16.2 Å². The number of unbranched alkanes of at least 4 members (excludes halogenated alkanes) is 3. The molecule has 0 spiro atoms. The van der Waals surface area contributed by atoms with Crippen LogP contribution < -0.4 is 23.9 Å². The number of ether oxygens (including phenoxy) is 1. The fraction of sp³-hybridized carbons (Fsp3) is 0.533. The molecule has 1 aliphatic heterocycles. The number of anilines is 2. The van der Waals surface area contributed by atoms with Gasteiger partial charge in [0.25, 0.3) is 0 Å². The van der Waals surface area contributed by atoms with Crippen LogP contribution >= 0.6 is 0 Å². The molecule has 0 aromatic heterocycles. The Morgan fingerprint density at radius 2 is 1.38 bits per heavy atom. The van der Waals surface area contributed by atoms with Gasteiger partial charge in [-0.25, -0.2) is 4.79 Å². The Labute approximate surface area is 226 Å². The van der Waals surface area contributed by atoms with Gasteiger partial charge in [0.2, 0.25) is 0 Å². The monoisotopic (exact) mass is 568 g/mol. The third-order valence-corrected chi connectivity index (χ3v) is 14.3. The van der Waals surface area contributed by atoms with Crippen LogP contribution in [0.15, 0.2) is 41.4 Å². The minimum absolute atomic E-state index is 0.337. The van der Waals surface area contributed by atoms with Gasteiger partial charge in [-0.1, -0.05) is 0 Å². The van der Waals surface area contributed by atoms with Crippen LogP contribution in [0.1, 0.15) is 57.6 Å². The maximum absolute atomic E-state index is 11.8. The summed E-state index contributed by atoms with van der Waals surface area (Å²) in [5, 5.41) is 2.85. The topological polar surface area (TPSA) is 57.2 Å². The minimum Gasteiger partial charge on any atom is -0.444 e. The first kappa shape index (κ1) is 29.1. The van der Waals surface area contributed by atoms with E-state index in [-0.39, 0.29) is 6.09 Å². The second-order valence-electron chi connectivity index (χ2n) is 11.9. The van der Waals surface area contributed by atoms with E-state index >= 15 is 0 Å². The van der Waals surface area contributed by atoms with Crippen LogP contribution in [0.2, 0.25) is 11.5 Å². The fourth-order valence-electron chi connectivity index (χ4n) is 4.81. The normalized spacial score (nSPS) is 13.9. The van der Waals surface area contributed by atoms with Crippen LogP contribution in [0, 0.1) is 0 Å². The van der Waals surface area contributed by atoms with E-state index in [1.54, 1.807) is 0 Å². The third-order valence-electron chi connectivity index (χ3n) is 6.92. The molecule has 2 aromatic carbocycles.